The van der Waals surface area contributed by atoms with Crippen molar-refractivity contribution in [1.29, 1.82) is 0 Å². The van der Waals surface area contributed by atoms with E-state index in [9.17, 15) is 4.39 Å². The molecule has 0 amide bonds. The average Bonchev–Trinajstić information content (AvgIpc) is 2.65. The molecule has 2 unspecified atom stereocenters. The molecular formula is C13H18FNO. The third kappa shape index (κ3) is 2.35. The Morgan fingerprint density at radius 2 is 2.25 bits per heavy atom. The van der Waals surface area contributed by atoms with Crippen LogP contribution in [0.25, 0.3) is 0 Å². The van der Waals surface area contributed by atoms with E-state index in [1.165, 1.54) is 13.5 Å². The Kier molecular flexibility index (Phi) is 3.44. The largest absolute Gasteiger partial charge is 0.494 e. The van der Waals surface area contributed by atoms with Crippen molar-refractivity contribution in [3.8, 4) is 5.75 Å². The Labute approximate surface area is 95.6 Å². The van der Waals surface area contributed by atoms with Crippen LogP contribution < -0.4 is 10.5 Å². The van der Waals surface area contributed by atoms with Gasteiger partial charge in [-0.25, -0.2) is 4.39 Å². The third-order valence-electron chi connectivity index (χ3n) is 3.43. The lowest BCUT2D eigenvalue weighted by atomic mass is 9.95. The van der Waals surface area contributed by atoms with Crippen LogP contribution in [0.1, 0.15) is 24.8 Å². The van der Waals surface area contributed by atoms with E-state index in [0.717, 1.165) is 24.8 Å². The summed E-state index contributed by atoms with van der Waals surface area (Å²) in [6.45, 7) is 0. The van der Waals surface area contributed by atoms with Crippen molar-refractivity contribution in [2.24, 2.45) is 11.7 Å². The highest BCUT2D eigenvalue weighted by atomic mass is 19.1. The predicted octanol–water partition coefficient (Wildman–Crippen LogP) is 2.50. The summed E-state index contributed by atoms with van der Waals surface area (Å²) in [4.78, 5) is 0. The second-order valence-electron chi connectivity index (χ2n) is 4.53. The van der Waals surface area contributed by atoms with Gasteiger partial charge in [-0.1, -0.05) is 12.5 Å². The first kappa shape index (κ1) is 11.4. The second-order valence-corrected chi connectivity index (χ2v) is 4.53. The fraction of sp³-hybridized carbons (Fsp3) is 0.538. The summed E-state index contributed by atoms with van der Waals surface area (Å²) in [5.74, 6) is 0.527. The van der Waals surface area contributed by atoms with Crippen LogP contribution in [0.5, 0.6) is 5.75 Å². The van der Waals surface area contributed by atoms with E-state index in [-0.39, 0.29) is 11.9 Å². The Balaban J connectivity index is 2.07. The third-order valence-corrected chi connectivity index (χ3v) is 3.43. The summed E-state index contributed by atoms with van der Waals surface area (Å²) >= 11 is 0. The molecule has 3 heteroatoms. The van der Waals surface area contributed by atoms with Gasteiger partial charge >= 0.3 is 0 Å². The topological polar surface area (TPSA) is 35.2 Å². The van der Waals surface area contributed by atoms with Crippen molar-refractivity contribution in [2.75, 3.05) is 7.11 Å². The molecular weight excluding hydrogens is 205 g/mol. The van der Waals surface area contributed by atoms with Gasteiger partial charge in [0.1, 0.15) is 0 Å². The summed E-state index contributed by atoms with van der Waals surface area (Å²) < 4.78 is 18.4. The van der Waals surface area contributed by atoms with Crippen molar-refractivity contribution < 1.29 is 9.13 Å². The first-order valence-electron chi connectivity index (χ1n) is 5.78. The Morgan fingerprint density at radius 3 is 2.81 bits per heavy atom. The van der Waals surface area contributed by atoms with E-state index < -0.39 is 0 Å². The molecule has 1 aromatic rings. The maximum absolute atomic E-state index is 13.5. The van der Waals surface area contributed by atoms with Crippen molar-refractivity contribution in [3.05, 3.63) is 29.6 Å². The van der Waals surface area contributed by atoms with Gasteiger partial charge in [0.25, 0.3) is 0 Å². The number of ether oxygens (including phenoxy) is 1. The smallest absolute Gasteiger partial charge is 0.165 e. The van der Waals surface area contributed by atoms with Gasteiger partial charge in [0.2, 0.25) is 0 Å². The maximum atomic E-state index is 13.5. The molecule has 1 saturated carbocycles. The van der Waals surface area contributed by atoms with Crippen molar-refractivity contribution in [1.82, 2.24) is 0 Å². The van der Waals surface area contributed by atoms with Gasteiger partial charge in [-0.3, -0.25) is 0 Å². The van der Waals surface area contributed by atoms with Crippen LogP contribution in [0.3, 0.4) is 0 Å². The molecule has 0 aromatic heterocycles. The van der Waals surface area contributed by atoms with Gasteiger partial charge in [-0.05, 0) is 42.9 Å². The molecule has 0 bridgehead atoms. The quantitative estimate of drug-likeness (QED) is 0.854. The number of methoxy groups -OCH3 is 1. The fourth-order valence-electron chi connectivity index (χ4n) is 2.46. The lowest BCUT2D eigenvalue weighted by molar-refractivity contribution is 0.385. The first-order chi connectivity index (χ1) is 7.70. The number of hydrogen-bond acceptors (Lipinski definition) is 2. The summed E-state index contributed by atoms with van der Waals surface area (Å²) in [6.07, 6.45) is 4.34. The maximum Gasteiger partial charge on any atom is 0.165 e. The Bertz CT molecular complexity index is 367. The molecule has 0 saturated heterocycles. The van der Waals surface area contributed by atoms with Crippen LogP contribution in [0.2, 0.25) is 0 Å². The van der Waals surface area contributed by atoms with Crippen molar-refractivity contribution in [2.45, 2.75) is 31.7 Å². The van der Waals surface area contributed by atoms with Gasteiger partial charge < -0.3 is 10.5 Å². The summed E-state index contributed by atoms with van der Waals surface area (Å²) in [5.41, 5.74) is 7.02. The van der Waals surface area contributed by atoms with E-state index in [0.29, 0.717) is 11.7 Å². The lowest BCUT2D eigenvalue weighted by Crippen LogP contribution is -2.25. The van der Waals surface area contributed by atoms with Crippen LogP contribution in [0.15, 0.2) is 18.2 Å². The summed E-state index contributed by atoms with van der Waals surface area (Å²) in [7, 11) is 1.48. The molecule has 2 atom stereocenters. The average molecular weight is 223 g/mol. The van der Waals surface area contributed by atoms with Crippen LogP contribution >= 0.6 is 0 Å². The highest BCUT2D eigenvalue weighted by molar-refractivity contribution is 5.29. The fourth-order valence-corrected chi connectivity index (χ4v) is 2.46. The molecule has 2 nitrogen and oxygen atoms in total. The summed E-state index contributed by atoms with van der Waals surface area (Å²) in [6, 6.07) is 5.45. The molecule has 16 heavy (non-hydrogen) atoms. The minimum Gasteiger partial charge on any atom is -0.494 e. The van der Waals surface area contributed by atoms with E-state index in [2.05, 4.69) is 0 Å². The van der Waals surface area contributed by atoms with Crippen LogP contribution in [-0.4, -0.2) is 13.2 Å². The van der Waals surface area contributed by atoms with Crippen LogP contribution in [-0.2, 0) is 6.42 Å². The first-order valence-corrected chi connectivity index (χ1v) is 5.78. The molecule has 0 heterocycles. The zero-order valence-corrected chi connectivity index (χ0v) is 9.58. The SMILES string of the molecule is COc1ccc(CC2CCCC2N)cc1F. The Morgan fingerprint density at radius 1 is 1.44 bits per heavy atom. The molecule has 1 aliphatic rings. The minimum absolute atomic E-state index is 0.283. The van der Waals surface area contributed by atoms with Gasteiger partial charge in [-0.2, -0.15) is 0 Å². The van der Waals surface area contributed by atoms with Crippen LogP contribution in [0.4, 0.5) is 4.39 Å². The molecule has 88 valence electrons. The minimum atomic E-state index is -0.286. The number of benzene rings is 1. The molecule has 1 aliphatic carbocycles. The van der Waals surface area contributed by atoms with Crippen LogP contribution in [0, 0.1) is 11.7 Å². The highest BCUT2D eigenvalue weighted by Gasteiger charge is 2.24. The molecule has 1 aromatic carbocycles. The zero-order valence-electron chi connectivity index (χ0n) is 9.58. The van der Waals surface area contributed by atoms with Gasteiger partial charge in [0.15, 0.2) is 11.6 Å². The van der Waals surface area contributed by atoms with Gasteiger partial charge in [0.05, 0.1) is 7.11 Å². The zero-order chi connectivity index (χ0) is 11.5. The molecule has 2 N–H and O–H groups in total. The molecule has 0 aliphatic heterocycles. The Hall–Kier alpha value is -1.09. The summed E-state index contributed by atoms with van der Waals surface area (Å²) in [5, 5.41) is 0. The number of halogens is 1. The number of rotatable bonds is 3. The second kappa shape index (κ2) is 4.83. The standard InChI is InChI=1S/C13H18FNO/c1-16-13-6-5-9(8-11(13)14)7-10-3-2-4-12(10)15/h5-6,8,10,12H,2-4,7,15H2,1H3. The van der Waals surface area contributed by atoms with Crippen molar-refractivity contribution in [3.63, 3.8) is 0 Å². The molecule has 0 radical (unpaired) electrons. The van der Waals surface area contributed by atoms with E-state index in [1.54, 1.807) is 12.1 Å². The van der Waals surface area contributed by atoms with E-state index >= 15 is 0 Å². The van der Waals surface area contributed by atoms with E-state index in [4.69, 9.17) is 10.5 Å². The highest BCUT2D eigenvalue weighted by Crippen LogP contribution is 2.28. The molecule has 1 fully saturated rings. The van der Waals surface area contributed by atoms with Gasteiger partial charge in [0, 0.05) is 6.04 Å². The predicted molar refractivity (Wildman–Crippen MR) is 62.0 cm³/mol. The molecule has 0 spiro atoms. The number of nitrogens with two attached hydrogens (primary N) is 1. The monoisotopic (exact) mass is 223 g/mol. The lowest BCUT2D eigenvalue weighted by Gasteiger charge is -2.15. The normalized spacial score (nSPS) is 24.7. The van der Waals surface area contributed by atoms with E-state index in [1.807, 2.05) is 6.07 Å². The van der Waals surface area contributed by atoms with Crippen molar-refractivity contribution >= 4 is 0 Å². The molecule has 2 rings (SSSR count). The number of hydrogen-bond donors (Lipinski definition) is 1. The van der Waals surface area contributed by atoms with Gasteiger partial charge in [-0.15, -0.1) is 0 Å².